The minimum Gasteiger partial charge on any atom is -0.424 e. The van der Waals surface area contributed by atoms with Crippen molar-refractivity contribution in [3.8, 4) is 11.1 Å². The Balaban J connectivity index is 1.64. The van der Waals surface area contributed by atoms with Gasteiger partial charge in [-0.05, 0) is 93.6 Å². The van der Waals surface area contributed by atoms with Crippen molar-refractivity contribution in [2.24, 2.45) is 0 Å². The van der Waals surface area contributed by atoms with Gasteiger partial charge in [0.2, 0.25) is 0 Å². The summed E-state index contributed by atoms with van der Waals surface area (Å²) in [6, 6.07) is 22.1. The van der Waals surface area contributed by atoms with Crippen LogP contribution in [0.25, 0.3) is 22.0 Å². The number of hydrogen-bond acceptors (Lipinski definition) is 8. The van der Waals surface area contributed by atoms with Crippen LogP contribution >= 0.6 is 0 Å². The van der Waals surface area contributed by atoms with E-state index in [9.17, 15) is 21.6 Å². The topological polar surface area (TPSA) is 117 Å². The second-order valence-electron chi connectivity index (χ2n) is 12.8. The molecule has 10 heteroatoms. The van der Waals surface area contributed by atoms with Crippen LogP contribution < -0.4 is 0 Å². The Morgan fingerprint density at radius 3 is 2.14 bits per heavy atom. The molecule has 0 radical (unpaired) electrons. The zero-order valence-electron chi connectivity index (χ0n) is 25.9. The Hall–Kier alpha value is -3.76. The summed E-state index contributed by atoms with van der Waals surface area (Å²) in [5, 5.41) is 0.829. The first-order valence-corrected chi connectivity index (χ1v) is 18.0. The molecule has 0 bridgehead atoms. The minimum atomic E-state index is -3.43. The molecule has 1 aliphatic heterocycles. The molecule has 0 spiro atoms. The van der Waals surface area contributed by atoms with E-state index in [4.69, 9.17) is 9.47 Å². The van der Waals surface area contributed by atoms with Crippen molar-refractivity contribution in [2.45, 2.75) is 67.8 Å². The maximum Gasteiger partial charge on any atom is 0.509 e. The zero-order chi connectivity index (χ0) is 32.3. The van der Waals surface area contributed by atoms with Gasteiger partial charge in [0, 0.05) is 35.6 Å². The highest BCUT2D eigenvalue weighted by Crippen LogP contribution is 2.48. The summed E-state index contributed by atoms with van der Waals surface area (Å²) in [5.41, 5.74) is 2.72. The molecule has 8 nitrogen and oxygen atoms in total. The molecule has 2 unspecified atom stereocenters. The molecule has 5 rings (SSSR count). The smallest absolute Gasteiger partial charge is 0.424 e. The van der Waals surface area contributed by atoms with E-state index < -0.39 is 47.7 Å². The van der Waals surface area contributed by atoms with E-state index in [0.29, 0.717) is 12.0 Å². The molecule has 4 aromatic rings. The van der Waals surface area contributed by atoms with E-state index in [-0.39, 0.29) is 4.90 Å². The van der Waals surface area contributed by atoms with Crippen molar-refractivity contribution >= 4 is 36.7 Å². The lowest BCUT2D eigenvalue weighted by molar-refractivity contribution is -0.0311. The first kappa shape index (κ1) is 31.7. The fraction of sp³-hybridized carbons (Fsp3) is 0.353. The molecule has 0 amide bonds. The van der Waals surface area contributed by atoms with Gasteiger partial charge in [0.15, 0.2) is 30.9 Å². The van der Waals surface area contributed by atoms with Gasteiger partial charge < -0.3 is 9.47 Å². The molecule has 0 aliphatic carbocycles. The lowest BCUT2D eigenvalue weighted by atomic mass is 9.71. The van der Waals surface area contributed by atoms with Crippen LogP contribution in [0.5, 0.6) is 0 Å². The van der Waals surface area contributed by atoms with Crippen LogP contribution in [-0.4, -0.2) is 51.7 Å². The van der Waals surface area contributed by atoms with Gasteiger partial charge in [-0.25, -0.2) is 21.6 Å². The second-order valence-corrected chi connectivity index (χ2v) is 17.3. The summed E-state index contributed by atoms with van der Waals surface area (Å²) in [7, 11) is -6.83. The normalized spacial score (nSPS) is 19.4. The maximum absolute atomic E-state index is 12.8. The van der Waals surface area contributed by atoms with Crippen LogP contribution in [0, 0.1) is 0 Å². The minimum absolute atomic E-state index is 0.197. The van der Waals surface area contributed by atoms with Crippen molar-refractivity contribution in [1.82, 2.24) is 4.98 Å². The first-order valence-electron chi connectivity index (χ1n) is 14.2. The Bertz CT molecular complexity index is 1980. The van der Waals surface area contributed by atoms with Crippen LogP contribution in [0.3, 0.4) is 0 Å². The van der Waals surface area contributed by atoms with Crippen molar-refractivity contribution in [2.75, 3.05) is 12.5 Å². The number of benzene rings is 3. The van der Waals surface area contributed by atoms with Gasteiger partial charge in [-0.3, -0.25) is 4.98 Å². The summed E-state index contributed by atoms with van der Waals surface area (Å²) < 4.78 is 60.1. The van der Waals surface area contributed by atoms with E-state index >= 15 is 0 Å². The Morgan fingerprint density at radius 1 is 0.864 bits per heavy atom. The fourth-order valence-electron chi connectivity index (χ4n) is 5.77. The average molecular weight is 636 g/mol. The first-order chi connectivity index (χ1) is 20.3. The predicted molar refractivity (Wildman–Crippen MR) is 171 cm³/mol. The number of carbonyl (C=O) groups excluding carboxylic acids is 1. The Morgan fingerprint density at radius 2 is 1.55 bits per heavy atom. The SMILES string of the molecule is CC1(C)OC(=O)OC1(C)C(Cc1cccc(-c2cc(C(C)(C)S(C)(=O)=O)cc3cccnc23)c1)c1ccc(S(C)(=O)=O)cc1. The van der Waals surface area contributed by atoms with Crippen molar-refractivity contribution in [3.05, 3.63) is 95.7 Å². The summed E-state index contributed by atoms with van der Waals surface area (Å²) in [6.07, 6.45) is 3.79. The molecule has 2 heterocycles. The highest BCUT2D eigenvalue weighted by atomic mass is 32.2. The van der Waals surface area contributed by atoms with Gasteiger partial charge in [0.1, 0.15) is 0 Å². The number of hydrogen-bond donors (Lipinski definition) is 0. The summed E-state index contributed by atoms with van der Waals surface area (Å²) >= 11 is 0. The molecule has 232 valence electrons. The molecule has 1 saturated heterocycles. The molecule has 0 saturated carbocycles. The van der Waals surface area contributed by atoms with E-state index in [2.05, 4.69) is 4.98 Å². The third kappa shape index (κ3) is 5.61. The van der Waals surface area contributed by atoms with Gasteiger partial charge in [0.05, 0.1) is 15.2 Å². The zero-order valence-corrected chi connectivity index (χ0v) is 27.5. The van der Waals surface area contributed by atoms with Crippen molar-refractivity contribution in [3.63, 3.8) is 0 Å². The van der Waals surface area contributed by atoms with E-state index in [1.807, 2.05) is 55.5 Å². The quantitative estimate of drug-likeness (QED) is 0.199. The highest BCUT2D eigenvalue weighted by molar-refractivity contribution is 7.91. The van der Waals surface area contributed by atoms with Gasteiger partial charge in [-0.15, -0.1) is 0 Å². The molecule has 1 aromatic heterocycles. The number of sulfone groups is 2. The molecule has 1 aliphatic rings. The summed E-state index contributed by atoms with van der Waals surface area (Å²) in [5.74, 6) is -0.404. The van der Waals surface area contributed by atoms with Crippen LogP contribution in [0.15, 0.2) is 83.9 Å². The predicted octanol–water partition coefficient (Wildman–Crippen LogP) is 6.62. The van der Waals surface area contributed by atoms with Gasteiger partial charge in [0.25, 0.3) is 0 Å². The monoisotopic (exact) mass is 635 g/mol. The van der Waals surface area contributed by atoms with Crippen LogP contribution in [-0.2, 0) is 40.3 Å². The fourth-order valence-corrected chi connectivity index (χ4v) is 6.95. The number of aromatic nitrogens is 1. The molecule has 2 atom stereocenters. The van der Waals surface area contributed by atoms with Gasteiger partial charge >= 0.3 is 6.16 Å². The molecular formula is C34H37NO7S2. The molecule has 44 heavy (non-hydrogen) atoms. The lowest BCUT2D eigenvalue weighted by Crippen LogP contribution is -2.50. The van der Waals surface area contributed by atoms with Crippen LogP contribution in [0.4, 0.5) is 4.79 Å². The molecule has 3 aromatic carbocycles. The number of carbonyl (C=O) groups is 1. The van der Waals surface area contributed by atoms with Gasteiger partial charge in [-0.1, -0.05) is 42.5 Å². The molecule has 1 fully saturated rings. The van der Waals surface area contributed by atoms with Crippen LogP contribution in [0.1, 0.15) is 57.2 Å². The highest BCUT2D eigenvalue weighted by Gasteiger charge is 2.58. The lowest BCUT2D eigenvalue weighted by Gasteiger charge is -2.40. The Kier molecular flexibility index (Phi) is 7.70. The largest absolute Gasteiger partial charge is 0.509 e. The van der Waals surface area contributed by atoms with E-state index in [0.717, 1.165) is 39.4 Å². The van der Waals surface area contributed by atoms with Crippen molar-refractivity contribution in [1.29, 1.82) is 0 Å². The number of rotatable bonds is 8. The number of fused-ring (bicyclic) bond motifs is 1. The number of pyridine rings is 1. The Labute approximate surface area is 259 Å². The third-order valence-corrected chi connectivity index (χ3v) is 12.4. The van der Waals surface area contributed by atoms with E-state index in [1.165, 1.54) is 6.26 Å². The standard InChI is InChI=1S/C34H37NO7S2/c1-32(2,44(7,39)40)26-20-25-12-9-17-35-30(25)28(21-26)24-11-8-10-22(18-24)19-29(34(5)33(3,4)41-31(36)42-34)23-13-15-27(16-14-23)43(6,37)38/h8-18,20-21,29H,19H2,1-7H3. The number of cyclic esters (lactones) is 2. The maximum atomic E-state index is 12.8. The van der Waals surface area contributed by atoms with Crippen LogP contribution in [0.2, 0.25) is 0 Å². The third-order valence-electron chi connectivity index (χ3n) is 9.21. The second kappa shape index (κ2) is 10.7. The number of nitrogens with zero attached hydrogens (tertiary/aromatic N) is 1. The summed E-state index contributed by atoms with van der Waals surface area (Å²) in [4.78, 5) is 17.3. The summed E-state index contributed by atoms with van der Waals surface area (Å²) in [6.45, 7) is 8.85. The average Bonchev–Trinajstić information content (AvgIpc) is 3.16. The van der Waals surface area contributed by atoms with E-state index in [1.54, 1.807) is 58.2 Å². The number of ether oxygens (including phenoxy) is 2. The molecular weight excluding hydrogens is 599 g/mol. The molecule has 0 N–H and O–H groups in total. The van der Waals surface area contributed by atoms with Crippen molar-refractivity contribution < 1.29 is 31.1 Å². The van der Waals surface area contributed by atoms with Gasteiger partial charge in [-0.2, -0.15) is 0 Å².